The summed E-state index contributed by atoms with van der Waals surface area (Å²) in [5.41, 5.74) is 6.98. The highest BCUT2D eigenvalue weighted by Gasteiger charge is 2.20. The Morgan fingerprint density at radius 3 is 2.58 bits per heavy atom. The molecule has 0 fully saturated rings. The van der Waals surface area contributed by atoms with Gasteiger partial charge in [-0.1, -0.05) is 26.0 Å². The summed E-state index contributed by atoms with van der Waals surface area (Å²) < 4.78 is 0. The van der Waals surface area contributed by atoms with Gasteiger partial charge in [-0.05, 0) is 30.0 Å². The lowest BCUT2D eigenvalue weighted by atomic mass is 10.0. The Bertz CT molecular complexity index is 458. The molecule has 0 unspecified atom stereocenters. The maximum atomic E-state index is 11.8. The van der Waals surface area contributed by atoms with Crippen LogP contribution in [0, 0.1) is 5.92 Å². The van der Waals surface area contributed by atoms with Crippen molar-refractivity contribution >= 4 is 17.6 Å². The predicted octanol–water partition coefficient (Wildman–Crippen LogP) is 1.43. The second-order valence-corrected chi connectivity index (χ2v) is 5.01. The first-order valence-electron chi connectivity index (χ1n) is 6.25. The first kappa shape index (κ1) is 15.0. The molecule has 0 aromatic heterocycles. The van der Waals surface area contributed by atoms with Crippen LogP contribution in [-0.4, -0.2) is 23.0 Å². The lowest BCUT2D eigenvalue weighted by molar-refractivity contribution is -0.142. The maximum Gasteiger partial charge on any atom is 0.326 e. The van der Waals surface area contributed by atoms with Crippen molar-refractivity contribution in [3.05, 3.63) is 29.8 Å². The summed E-state index contributed by atoms with van der Waals surface area (Å²) in [6, 6.07) is 6.15. The molecule has 19 heavy (non-hydrogen) atoms. The fraction of sp³-hybridized carbons (Fsp3) is 0.429. The van der Waals surface area contributed by atoms with E-state index in [2.05, 4.69) is 5.32 Å². The number of carbonyl (C=O) groups excluding carboxylic acids is 1. The van der Waals surface area contributed by atoms with Crippen molar-refractivity contribution in [1.29, 1.82) is 0 Å². The minimum Gasteiger partial charge on any atom is -0.480 e. The summed E-state index contributed by atoms with van der Waals surface area (Å²) in [4.78, 5) is 22.8. The molecule has 0 radical (unpaired) electrons. The molecule has 0 aliphatic carbocycles. The van der Waals surface area contributed by atoms with E-state index in [1.165, 1.54) is 0 Å². The Morgan fingerprint density at radius 2 is 2.05 bits per heavy atom. The average molecular weight is 264 g/mol. The summed E-state index contributed by atoms with van der Waals surface area (Å²) in [6.07, 6.45) is 0.547. The van der Waals surface area contributed by atoms with Crippen LogP contribution in [0.1, 0.15) is 25.8 Å². The van der Waals surface area contributed by atoms with Gasteiger partial charge < -0.3 is 16.2 Å². The first-order chi connectivity index (χ1) is 8.88. The molecule has 0 bridgehead atoms. The third-order valence-electron chi connectivity index (χ3n) is 2.66. The molecule has 5 heteroatoms. The van der Waals surface area contributed by atoms with Gasteiger partial charge in [0, 0.05) is 5.69 Å². The van der Waals surface area contributed by atoms with Crippen molar-refractivity contribution in [2.45, 2.75) is 32.7 Å². The molecule has 0 aliphatic heterocycles. The van der Waals surface area contributed by atoms with E-state index >= 15 is 0 Å². The monoisotopic (exact) mass is 264 g/mol. The molecule has 0 saturated carbocycles. The molecular formula is C14H20N2O3. The molecule has 0 heterocycles. The Kier molecular flexibility index (Phi) is 5.36. The Labute approximate surface area is 112 Å². The third kappa shape index (κ3) is 5.42. The van der Waals surface area contributed by atoms with E-state index in [1.807, 2.05) is 13.8 Å². The maximum absolute atomic E-state index is 11.8. The van der Waals surface area contributed by atoms with E-state index in [-0.39, 0.29) is 18.2 Å². The van der Waals surface area contributed by atoms with Crippen molar-refractivity contribution in [2.75, 3.05) is 5.73 Å². The molecule has 0 spiro atoms. The molecule has 1 aromatic carbocycles. The summed E-state index contributed by atoms with van der Waals surface area (Å²) >= 11 is 0. The van der Waals surface area contributed by atoms with E-state index in [0.29, 0.717) is 12.1 Å². The van der Waals surface area contributed by atoms with Crippen LogP contribution in [0.5, 0.6) is 0 Å². The number of aliphatic carboxylic acids is 1. The number of amides is 1. The fourth-order valence-corrected chi connectivity index (χ4v) is 1.83. The summed E-state index contributed by atoms with van der Waals surface area (Å²) in [7, 11) is 0. The van der Waals surface area contributed by atoms with Gasteiger partial charge in [-0.3, -0.25) is 4.79 Å². The van der Waals surface area contributed by atoms with Gasteiger partial charge in [-0.15, -0.1) is 0 Å². The first-order valence-corrected chi connectivity index (χ1v) is 6.25. The quantitative estimate of drug-likeness (QED) is 0.678. The van der Waals surface area contributed by atoms with E-state index in [1.54, 1.807) is 24.3 Å². The van der Waals surface area contributed by atoms with E-state index < -0.39 is 12.0 Å². The van der Waals surface area contributed by atoms with E-state index in [9.17, 15) is 9.59 Å². The molecule has 1 aromatic rings. The second-order valence-electron chi connectivity index (χ2n) is 5.01. The lowest BCUT2D eigenvalue weighted by Gasteiger charge is -2.16. The topological polar surface area (TPSA) is 92.4 Å². The zero-order valence-electron chi connectivity index (χ0n) is 11.2. The number of rotatable bonds is 6. The number of benzene rings is 1. The van der Waals surface area contributed by atoms with Crippen LogP contribution < -0.4 is 11.1 Å². The molecular weight excluding hydrogens is 244 g/mol. The summed E-state index contributed by atoms with van der Waals surface area (Å²) in [5.74, 6) is -1.11. The molecule has 1 rings (SSSR count). The van der Waals surface area contributed by atoms with Crippen LogP contribution >= 0.6 is 0 Å². The summed E-state index contributed by atoms with van der Waals surface area (Å²) in [5, 5.41) is 11.6. The zero-order valence-corrected chi connectivity index (χ0v) is 11.2. The van der Waals surface area contributed by atoms with Gasteiger partial charge in [0.1, 0.15) is 6.04 Å². The highest BCUT2D eigenvalue weighted by Crippen LogP contribution is 2.08. The number of carbonyl (C=O) groups is 2. The summed E-state index contributed by atoms with van der Waals surface area (Å²) in [6.45, 7) is 3.83. The van der Waals surface area contributed by atoms with Crippen LogP contribution in [0.15, 0.2) is 24.3 Å². The average Bonchev–Trinajstić information content (AvgIpc) is 2.27. The van der Waals surface area contributed by atoms with Gasteiger partial charge in [0.25, 0.3) is 0 Å². The van der Waals surface area contributed by atoms with Gasteiger partial charge in [-0.2, -0.15) is 0 Å². The largest absolute Gasteiger partial charge is 0.480 e. The molecule has 4 N–H and O–H groups in total. The Morgan fingerprint density at radius 1 is 1.37 bits per heavy atom. The molecule has 0 aliphatic rings. The lowest BCUT2D eigenvalue weighted by Crippen LogP contribution is -2.42. The zero-order chi connectivity index (χ0) is 14.4. The van der Waals surface area contributed by atoms with Gasteiger partial charge in [-0.25, -0.2) is 4.79 Å². The van der Waals surface area contributed by atoms with Gasteiger partial charge in [0.15, 0.2) is 0 Å². The molecule has 104 valence electrons. The van der Waals surface area contributed by atoms with Crippen molar-refractivity contribution in [3.63, 3.8) is 0 Å². The number of nitrogen functional groups attached to an aromatic ring is 1. The Balaban J connectivity index is 2.60. The van der Waals surface area contributed by atoms with E-state index in [4.69, 9.17) is 10.8 Å². The number of nitrogens with one attached hydrogen (secondary N) is 1. The minimum absolute atomic E-state index is 0.132. The van der Waals surface area contributed by atoms with Crippen LogP contribution in [0.4, 0.5) is 5.69 Å². The van der Waals surface area contributed by atoms with Crippen LogP contribution in [0.2, 0.25) is 0 Å². The van der Waals surface area contributed by atoms with Gasteiger partial charge in [0.05, 0.1) is 6.42 Å². The highest BCUT2D eigenvalue weighted by atomic mass is 16.4. The number of anilines is 1. The number of carboxylic acids is 1. The highest BCUT2D eigenvalue weighted by molar-refractivity contribution is 5.84. The third-order valence-corrected chi connectivity index (χ3v) is 2.66. The van der Waals surface area contributed by atoms with Crippen molar-refractivity contribution in [1.82, 2.24) is 5.32 Å². The van der Waals surface area contributed by atoms with Crippen LogP contribution in [0.25, 0.3) is 0 Å². The van der Waals surface area contributed by atoms with Crippen molar-refractivity contribution < 1.29 is 14.7 Å². The molecule has 1 amide bonds. The van der Waals surface area contributed by atoms with Gasteiger partial charge >= 0.3 is 5.97 Å². The predicted molar refractivity (Wildman–Crippen MR) is 73.6 cm³/mol. The Hall–Kier alpha value is -2.04. The molecule has 0 saturated heterocycles. The van der Waals surface area contributed by atoms with E-state index in [0.717, 1.165) is 5.56 Å². The minimum atomic E-state index is -1.00. The molecule has 1 atom stereocenters. The van der Waals surface area contributed by atoms with Gasteiger partial charge in [0.2, 0.25) is 5.91 Å². The van der Waals surface area contributed by atoms with Crippen molar-refractivity contribution in [3.8, 4) is 0 Å². The SMILES string of the molecule is CC(C)C[C@H](NC(=O)Cc1cccc(N)c1)C(=O)O. The molecule has 5 nitrogen and oxygen atoms in total. The number of carboxylic acid groups (broad SMARTS) is 1. The fourth-order valence-electron chi connectivity index (χ4n) is 1.83. The van der Waals surface area contributed by atoms with Crippen LogP contribution in [0.3, 0.4) is 0 Å². The second kappa shape index (κ2) is 6.78. The normalized spacial score (nSPS) is 12.2. The number of hydrogen-bond donors (Lipinski definition) is 3. The van der Waals surface area contributed by atoms with Crippen molar-refractivity contribution in [2.24, 2.45) is 5.92 Å². The smallest absolute Gasteiger partial charge is 0.326 e. The van der Waals surface area contributed by atoms with Crippen LogP contribution in [-0.2, 0) is 16.0 Å². The number of nitrogens with two attached hydrogens (primary N) is 1. The number of hydrogen-bond acceptors (Lipinski definition) is 3. The standard InChI is InChI=1S/C14H20N2O3/c1-9(2)6-12(14(18)19)16-13(17)8-10-4-3-5-11(15)7-10/h3-5,7,9,12H,6,8,15H2,1-2H3,(H,16,17)(H,18,19)/t12-/m0/s1.